The summed E-state index contributed by atoms with van der Waals surface area (Å²) in [4.78, 5) is 34.4. The third-order valence-electron chi connectivity index (χ3n) is 5.74. The number of nitrogens with zero attached hydrogens (tertiary/aromatic N) is 3. The third-order valence-corrected chi connectivity index (χ3v) is 7.03. The van der Waals surface area contributed by atoms with Crippen molar-refractivity contribution in [1.82, 2.24) is 19.7 Å². The van der Waals surface area contributed by atoms with Crippen LogP contribution in [0.4, 0.5) is 0 Å². The number of halogens is 1. The van der Waals surface area contributed by atoms with Crippen LogP contribution in [0.1, 0.15) is 20.9 Å². The van der Waals surface area contributed by atoms with Crippen molar-refractivity contribution in [3.8, 4) is 28.1 Å². The molecule has 0 aliphatic heterocycles. The number of para-hydroxylation sites is 1. The molecule has 9 heteroatoms. The summed E-state index contributed by atoms with van der Waals surface area (Å²) in [5, 5.41) is 4.60. The minimum Gasteiger partial charge on any atom is -0.496 e. The minimum absolute atomic E-state index is 0.298. The summed E-state index contributed by atoms with van der Waals surface area (Å²) in [5.41, 5.74) is 3.18. The van der Waals surface area contributed by atoms with Crippen LogP contribution in [0, 0.1) is 0 Å². The van der Waals surface area contributed by atoms with Gasteiger partial charge in [0.2, 0.25) is 0 Å². The number of ether oxygens (including phenoxy) is 1. The molecule has 7 nitrogen and oxygen atoms in total. The van der Waals surface area contributed by atoms with Crippen molar-refractivity contribution in [2.45, 2.75) is 12.8 Å². The molecule has 0 radical (unpaired) electrons. The van der Waals surface area contributed by atoms with E-state index in [2.05, 4.69) is 15.1 Å². The monoisotopic (exact) mass is 516 g/mol. The first-order valence-electron chi connectivity index (χ1n) is 11.2. The number of aromatic amines is 1. The summed E-state index contributed by atoms with van der Waals surface area (Å²) in [5.74, 6) is 0.115. The smallest absolute Gasteiger partial charge is 0.282 e. The minimum atomic E-state index is -0.335. The van der Waals surface area contributed by atoms with Gasteiger partial charge in [-0.1, -0.05) is 29.8 Å². The molecule has 0 atom stereocenters. The number of carbonyl (C=O) groups is 1. The molecule has 0 saturated heterocycles. The van der Waals surface area contributed by atoms with Crippen LogP contribution in [0.15, 0.2) is 84.0 Å². The van der Waals surface area contributed by atoms with E-state index < -0.39 is 0 Å². The van der Waals surface area contributed by atoms with Crippen molar-refractivity contribution in [1.29, 1.82) is 0 Å². The summed E-state index contributed by atoms with van der Waals surface area (Å²) in [6.45, 7) is 0. The highest BCUT2D eigenvalue weighted by atomic mass is 35.5. The van der Waals surface area contributed by atoms with Gasteiger partial charge in [0.05, 0.1) is 28.3 Å². The van der Waals surface area contributed by atoms with E-state index in [4.69, 9.17) is 16.3 Å². The van der Waals surface area contributed by atoms with E-state index in [1.54, 1.807) is 55.0 Å². The Morgan fingerprint density at radius 2 is 1.94 bits per heavy atom. The number of hydrogen-bond donors (Lipinski definition) is 1. The van der Waals surface area contributed by atoms with Gasteiger partial charge in [-0.15, -0.1) is 11.3 Å². The molecule has 0 aliphatic carbocycles. The molecule has 0 fully saturated rings. The molecule has 180 valence electrons. The molecule has 0 bridgehead atoms. The van der Waals surface area contributed by atoms with Crippen molar-refractivity contribution >= 4 is 28.8 Å². The highest BCUT2D eigenvalue weighted by Crippen LogP contribution is 2.27. The Morgan fingerprint density at radius 1 is 1.08 bits per heavy atom. The molecule has 5 aromatic rings. The lowest BCUT2D eigenvalue weighted by Crippen LogP contribution is -2.18. The van der Waals surface area contributed by atoms with E-state index >= 15 is 0 Å². The standard InChI is InChI=1S/C27H21ClN4O3S/c1-35-24-7-3-2-6-21(24)27(34)32-19(8-9-20-10-11-25(28)36-20)14-23(31-32)22-13-18(16-30-26(22)33)17-5-4-12-29-15-17/h2-7,10-16H,8-9H2,1H3,(H,30,33). The summed E-state index contributed by atoms with van der Waals surface area (Å²) < 4.78 is 7.47. The number of aryl methyl sites for hydroxylation is 2. The number of H-pyrrole nitrogens is 1. The fourth-order valence-electron chi connectivity index (χ4n) is 3.95. The summed E-state index contributed by atoms with van der Waals surface area (Å²) in [6, 6.07) is 18.1. The maximum atomic E-state index is 13.6. The Morgan fingerprint density at radius 3 is 2.69 bits per heavy atom. The summed E-state index contributed by atoms with van der Waals surface area (Å²) >= 11 is 7.59. The average molecular weight is 517 g/mol. The lowest BCUT2D eigenvalue weighted by atomic mass is 10.1. The quantitative estimate of drug-likeness (QED) is 0.308. The lowest BCUT2D eigenvalue weighted by Gasteiger charge is -2.09. The number of hydrogen-bond acceptors (Lipinski definition) is 6. The zero-order valence-electron chi connectivity index (χ0n) is 19.3. The zero-order valence-corrected chi connectivity index (χ0v) is 20.8. The average Bonchev–Trinajstić information content (AvgIpc) is 3.53. The van der Waals surface area contributed by atoms with Crippen molar-refractivity contribution in [3.63, 3.8) is 0 Å². The van der Waals surface area contributed by atoms with Crippen LogP contribution < -0.4 is 10.3 Å². The number of thiophene rings is 1. The van der Waals surface area contributed by atoms with Gasteiger partial charge in [0.1, 0.15) is 5.75 Å². The molecular formula is C27H21ClN4O3S. The highest BCUT2D eigenvalue weighted by molar-refractivity contribution is 7.16. The van der Waals surface area contributed by atoms with E-state index in [-0.39, 0.29) is 11.5 Å². The molecule has 0 aliphatic rings. The molecule has 0 amide bonds. The predicted octanol–water partition coefficient (Wildman–Crippen LogP) is 5.50. The van der Waals surface area contributed by atoms with Crippen LogP contribution in [0.3, 0.4) is 0 Å². The normalized spacial score (nSPS) is 10.9. The van der Waals surface area contributed by atoms with E-state index in [1.807, 2.05) is 24.3 Å². The van der Waals surface area contributed by atoms with Crippen molar-refractivity contribution < 1.29 is 9.53 Å². The van der Waals surface area contributed by atoms with Gasteiger partial charge in [0, 0.05) is 40.3 Å². The number of nitrogens with one attached hydrogen (secondary N) is 1. The fourth-order valence-corrected chi connectivity index (χ4v) is 5.04. The third kappa shape index (κ3) is 4.86. The first-order valence-corrected chi connectivity index (χ1v) is 12.4. The number of benzene rings is 1. The lowest BCUT2D eigenvalue weighted by molar-refractivity contribution is 0.0939. The maximum Gasteiger partial charge on any atom is 0.282 e. The Bertz CT molecular complexity index is 1590. The van der Waals surface area contributed by atoms with Gasteiger partial charge in [0.15, 0.2) is 0 Å². The second kappa shape index (κ2) is 10.3. The fraction of sp³-hybridized carbons (Fsp3) is 0.111. The Kier molecular flexibility index (Phi) is 6.79. The molecule has 5 rings (SSSR count). The van der Waals surface area contributed by atoms with Crippen LogP contribution in [0.25, 0.3) is 22.4 Å². The van der Waals surface area contributed by atoms with Gasteiger partial charge in [-0.05, 0) is 55.3 Å². The largest absolute Gasteiger partial charge is 0.496 e. The number of methoxy groups -OCH3 is 1. The summed E-state index contributed by atoms with van der Waals surface area (Å²) in [6.07, 6.45) is 6.26. The predicted molar refractivity (Wildman–Crippen MR) is 141 cm³/mol. The van der Waals surface area contributed by atoms with Crippen molar-refractivity contribution in [3.05, 3.63) is 110 Å². The van der Waals surface area contributed by atoms with Gasteiger partial charge in [-0.3, -0.25) is 14.6 Å². The van der Waals surface area contributed by atoms with E-state index in [9.17, 15) is 9.59 Å². The summed E-state index contributed by atoms with van der Waals surface area (Å²) in [7, 11) is 1.52. The van der Waals surface area contributed by atoms with Gasteiger partial charge in [0.25, 0.3) is 11.5 Å². The Hall–Kier alpha value is -4.01. The van der Waals surface area contributed by atoms with Gasteiger partial charge < -0.3 is 9.72 Å². The van der Waals surface area contributed by atoms with Crippen molar-refractivity contribution in [2.75, 3.05) is 7.11 Å². The van der Waals surface area contributed by atoms with Crippen LogP contribution in [0.5, 0.6) is 5.75 Å². The van der Waals surface area contributed by atoms with Crippen LogP contribution >= 0.6 is 22.9 Å². The van der Waals surface area contributed by atoms with Crippen LogP contribution in [-0.4, -0.2) is 32.8 Å². The molecule has 4 heterocycles. The van der Waals surface area contributed by atoms with Gasteiger partial charge in [-0.25, -0.2) is 4.68 Å². The molecule has 4 aromatic heterocycles. The molecule has 1 N–H and O–H groups in total. The Labute approximate surface area is 216 Å². The molecule has 0 spiro atoms. The second-order valence-electron chi connectivity index (χ2n) is 8.02. The van der Waals surface area contributed by atoms with E-state index in [0.717, 1.165) is 16.0 Å². The van der Waals surface area contributed by atoms with Gasteiger partial charge in [-0.2, -0.15) is 5.10 Å². The first-order chi connectivity index (χ1) is 17.5. The van der Waals surface area contributed by atoms with Gasteiger partial charge >= 0.3 is 0 Å². The van der Waals surface area contributed by atoms with E-state index in [0.29, 0.717) is 45.4 Å². The molecular weight excluding hydrogens is 496 g/mol. The molecule has 1 aromatic carbocycles. The second-order valence-corrected chi connectivity index (χ2v) is 9.82. The topological polar surface area (TPSA) is 89.9 Å². The first kappa shape index (κ1) is 23.7. The van der Waals surface area contributed by atoms with E-state index in [1.165, 1.54) is 23.1 Å². The van der Waals surface area contributed by atoms with Crippen LogP contribution in [0.2, 0.25) is 4.34 Å². The van der Waals surface area contributed by atoms with Crippen LogP contribution in [-0.2, 0) is 12.8 Å². The molecule has 0 unspecified atom stereocenters. The molecule has 36 heavy (non-hydrogen) atoms. The number of aromatic nitrogens is 4. The molecule has 0 saturated carbocycles. The Balaban J connectivity index is 1.58. The maximum absolute atomic E-state index is 13.6. The highest BCUT2D eigenvalue weighted by Gasteiger charge is 2.21. The SMILES string of the molecule is COc1ccccc1C(=O)n1nc(-c2cc(-c3cccnc3)c[nH]c2=O)cc1CCc1ccc(Cl)s1. The number of pyridine rings is 2. The van der Waals surface area contributed by atoms with Crippen molar-refractivity contribution in [2.24, 2.45) is 0 Å². The number of carbonyl (C=O) groups excluding carboxylic acids is 1. The number of rotatable bonds is 7. The zero-order chi connectivity index (χ0) is 25.1.